The van der Waals surface area contributed by atoms with Crippen LogP contribution in [0.5, 0.6) is 0 Å². The molecule has 0 fully saturated rings. The molecule has 0 bridgehead atoms. The molecule has 0 nitrogen and oxygen atoms in total. The lowest BCUT2D eigenvalue weighted by Gasteiger charge is -1.98. The monoisotopic (exact) mass is 254 g/mol. The number of benzene rings is 1. The third kappa shape index (κ3) is 1.28. The van der Waals surface area contributed by atoms with Gasteiger partial charge in [0.05, 0.1) is 3.57 Å². The quantitative estimate of drug-likeness (QED) is 0.493. The van der Waals surface area contributed by atoms with E-state index < -0.39 is 0 Å². The molecule has 0 aliphatic rings. The van der Waals surface area contributed by atoms with Crippen molar-refractivity contribution in [1.29, 1.82) is 0 Å². The van der Waals surface area contributed by atoms with Crippen LogP contribution in [-0.4, -0.2) is 0 Å². The Hall–Kier alpha value is -0.190. The zero-order valence-corrected chi connectivity index (χ0v) is 7.45. The maximum Gasteiger partial charge on any atom is 0.136 e. The minimum atomic E-state index is -0.362. The molecule has 0 radical (unpaired) electrons. The largest absolute Gasteiger partial charge is 0.207 e. The number of hydrogen-bond acceptors (Lipinski definition) is 0. The standard InChI is InChI=1S/C7H5F2I/c1-4-5(8)2-3-6(9)7(4)10/h2-3H,1H3. The highest BCUT2D eigenvalue weighted by atomic mass is 127. The van der Waals surface area contributed by atoms with E-state index in [1.165, 1.54) is 0 Å². The van der Waals surface area contributed by atoms with Crippen molar-refractivity contribution in [3.8, 4) is 0 Å². The van der Waals surface area contributed by atoms with Crippen LogP contribution in [0.2, 0.25) is 0 Å². The Morgan fingerprint density at radius 2 is 1.70 bits per heavy atom. The topological polar surface area (TPSA) is 0 Å². The molecule has 0 unspecified atom stereocenters. The Morgan fingerprint density at radius 3 is 2.20 bits per heavy atom. The Bertz CT molecular complexity index is 231. The molecule has 0 N–H and O–H groups in total. The summed E-state index contributed by atoms with van der Waals surface area (Å²) in [5, 5.41) is 0. The van der Waals surface area contributed by atoms with Gasteiger partial charge in [-0.3, -0.25) is 0 Å². The average molecular weight is 254 g/mol. The van der Waals surface area contributed by atoms with E-state index in [9.17, 15) is 8.78 Å². The first-order valence-corrected chi connectivity index (χ1v) is 3.81. The van der Waals surface area contributed by atoms with Gasteiger partial charge in [0.2, 0.25) is 0 Å². The minimum Gasteiger partial charge on any atom is -0.207 e. The Balaban J connectivity index is 3.34. The molecule has 0 aromatic heterocycles. The van der Waals surface area contributed by atoms with Crippen molar-refractivity contribution >= 4 is 22.6 Å². The van der Waals surface area contributed by atoms with Crippen LogP contribution in [0, 0.1) is 22.1 Å². The summed E-state index contributed by atoms with van der Waals surface area (Å²) >= 11 is 1.78. The molecule has 1 rings (SSSR count). The van der Waals surface area contributed by atoms with E-state index in [-0.39, 0.29) is 11.6 Å². The van der Waals surface area contributed by atoms with E-state index in [1.54, 1.807) is 29.5 Å². The van der Waals surface area contributed by atoms with Crippen LogP contribution < -0.4 is 0 Å². The van der Waals surface area contributed by atoms with Crippen LogP contribution in [-0.2, 0) is 0 Å². The summed E-state index contributed by atoms with van der Waals surface area (Å²) in [5.74, 6) is -0.717. The molecule has 3 heteroatoms. The van der Waals surface area contributed by atoms with Crippen LogP contribution in [0.1, 0.15) is 5.56 Å². The Kier molecular flexibility index (Phi) is 2.23. The molecule has 1 aromatic rings. The van der Waals surface area contributed by atoms with Crippen LogP contribution >= 0.6 is 22.6 Å². The fourth-order valence-electron chi connectivity index (χ4n) is 0.628. The molecule has 10 heavy (non-hydrogen) atoms. The first kappa shape index (κ1) is 7.91. The van der Waals surface area contributed by atoms with Gasteiger partial charge in [-0.15, -0.1) is 0 Å². The summed E-state index contributed by atoms with van der Waals surface area (Å²) in [6.45, 7) is 1.56. The van der Waals surface area contributed by atoms with Gasteiger partial charge < -0.3 is 0 Å². The maximum absolute atomic E-state index is 12.6. The van der Waals surface area contributed by atoms with Gasteiger partial charge in [0.15, 0.2) is 0 Å². The van der Waals surface area contributed by atoms with Gasteiger partial charge in [-0.1, -0.05) is 0 Å². The van der Waals surface area contributed by atoms with Gasteiger partial charge in [0.1, 0.15) is 11.6 Å². The molecule has 0 saturated carbocycles. The van der Waals surface area contributed by atoms with Crippen molar-refractivity contribution in [2.24, 2.45) is 0 Å². The molecule has 0 saturated heterocycles. The Labute approximate surface area is 71.4 Å². The average Bonchev–Trinajstić information content (AvgIpc) is 1.93. The summed E-state index contributed by atoms with van der Waals surface area (Å²) in [6, 6.07) is 2.26. The fourth-order valence-corrected chi connectivity index (χ4v) is 1.07. The molecule has 0 heterocycles. The zero-order valence-electron chi connectivity index (χ0n) is 5.29. The van der Waals surface area contributed by atoms with Crippen LogP contribution in [0.25, 0.3) is 0 Å². The first-order chi connectivity index (χ1) is 4.63. The third-order valence-electron chi connectivity index (χ3n) is 1.27. The van der Waals surface area contributed by atoms with Gasteiger partial charge in [0.25, 0.3) is 0 Å². The predicted molar refractivity (Wildman–Crippen MR) is 43.8 cm³/mol. The van der Waals surface area contributed by atoms with Crippen molar-refractivity contribution < 1.29 is 8.78 Å². The third-order valence-corrected chi connectivity index (χ3v) is 2.60. The smallest absolute Gasteiger partial charge is 0.136 e. The summed E-state index contributed by atoms with van der Waals surface area (Å²) < 4.78 is 25.5. The van der Waals surface area contributed by atoms with Crippen molar-refractivity contribution in [2.45, 2.75) is 6.92 Å². The van der Waals surface area contributed by atoms with E-state index in [4.69, 9.17) is 0 Å². The van der Waals surface area contributed by atoms with Crippen LogP contribution in [0.4, 0.5) is 8.78 Å². The Morgan fingerprint density at radius 1 is 1.20 bits per heavy atom. The molecular weight excluding hydrogens is 249 g/mol. The highest BCUT2D eigenvalue weighted by Gasteiger charge is 2.05. The highest BCUT2D eigenvalue weighted by molar-refractivity contribution is 14.1. The number of rotatable bonds is 0. The predicted octanol–water partition coefficient (Wildman–Crippen LogP) is 2.88. The molecule has 1 aromatic carbocycles. The number of halogens is 3. The maximum atomic E-state index is 12.6. The van der Waals surface area contributed by atoms with E-state index >= 15 is 0 Å². The second-order valence-electron chi connectivity index (χ2n) is 1.97. The minimum absolute atomic E-state index is 0.356. The zero-order chi connectivity index (χ0) is 7.72. The van der Waals surface area contributed by atoms with Gasteiger partial charge in [-0.05, 0) is 41.6 Å². The van der Waals surface area contributed by atoms with Gasteiger partial charge in [0, 0.05) is 5.56 Å². The fraction of sp³-hybridized carbons (Fsp3) is 0.143. The second kappa shape index (κ2) is 2.82. The van der Waals surface area contributed by atoms with E-state index in [1.807, 2.05) is 0 Å². The summed E-state index contributed by atoms with van der Waals surface area (Å²) in [4.78, 5) is 0. The normalized spacial score (nSPS) is 10.0. The summed E-state index contributed by atoms with van der Waals surface area (Å²) in [6.07, 6.45) is 0. The van der Waals surface area contributed by atoms with Crippen molar-refractivity contribution in [1.82, 2.24) is 0 Å². The van der Waals surface area contributed by atoms with Crippen molar-refractivity contribution in [3.63, 3.8) is 0 Å². The highest BCUT2D eigenvalue weighted by Crippen LogP contribution is 2.17. The van der Waals surface area contributed by atoms with E-state index in [0.717, 1.165) is 12.1 Å². The van der Waals surface area contributed by atoms with E-state index in [0.29, 0.717) is 9.13 Å². The second-order valence-corrected chi connectivity index (χ2v) is 3.05. The van der Waals surface area contributed by atoms with Crippen LogP contribution in [0.3, 0.4) is 0 Å². The lowest BCUT2D eigenvalue weighted by atomic mass is 10.2. The van der Waals surface area contributed by atoms with Gasteiger partial charge in [-0.2, -0.15) is 0 Å². The lowest BCUT2D eigenvalue weighted by Crippen LogP contribution is -1.90. The molecule has 54 valence electrons. The molecule has 0 spiro atoms. The molecular formula is C7H5F2I. The molecule has 0 atom stereocenters. The molecule has 0 amide bonds. The van der Waals surface area contributed by atoms with Gasteiger partial charge >= 0.3 is 0 Å². The molecule has 0 aliphatic carbocycles. The molecule has 0 aliphatic heterocycles. The first-order valence-electron chi connectivity index (χ1n) is 2.73. The van der Waals surface area contributed by atoms with Crippen molar-refractivity contribution in [2.75, 3.05) is 0 Å². The van der Waals surface area contributed by atoms with Gasteiger partial charge in [-0.25, -0.2) is 8.78 Å². The lowest BCUT2D eigenvalue weighted by molar-refractivity contribution is 0.586. The SMILES string of the molecule is Cc1c(F)ccc(F)c1I. The summed E-state index contributed by atoms with van der Waals surface area (Å²) in [7, 11) is 0. The number of hydrogen-bond donors (Lipinski definition) is 0. The van der Waals surface area contributed by atoms with Crippen LogP contribution in [0.15, 0.2) is 12.1 Å². The van der Waals surface area contributed by atoms with Crippen molar-refractivity contribution in [3.05, 3.63) is 32.9 Å². The summed E-state index contributed by atoms with van der Waals surface area (Å²) in [5.41, 5.74) is 0.376. The van der Waals surface area contributed by atoms with E-state index in [2.05, 4.69) is 0 Å².